The topological polar surface area (TPSA) is 68.6 Å². The van der Waals surface area contributed by atoms with E-state index in [1.54, 1.807) is 29.2 Å². The first-order chi connectivity index (χ1) is 13.0. The molecule has 0 bridgehead atoms. The average molecular weight is 384 g/mol. The summed E-state index contributed by atoms with van der Waals surface area (Å²) in [6.07, 6.45) is 1.88. The molecule has 0 spiro atoms. The molecule has 0 radical (unpaired) electrons. The Bertz CT molecular complexity index is 1080. The highest BCUT2D eigenvalue weighted by Crippen LogP contribution is 2.26. The van der Waals surface area contributed by atoms with Gasteiger partial charge in [0, 0.05) is 24.8 Å². The number of amides is 1. The zero-order chi connectivity index (χ0) is 19.0. The van der Waals surface area contributed by atoms with Crippen molar-refractivity contribution in [3.63, 3.8) is 0 Å². The van der Waals surface area contributed by atoms with Crippen molar-refractivity contribution in [3.8, 4) is 5.75 Å². The van der Waals surface area contributed by atoms with Gasteiger partial charge < -0.3 is 14.2 Å². The van der Waals surface area contributed by atoms with Crippen molar-refractivity contribution in [1.29, 1.82) is 0 Å². The van der Waals surface area contributed by atoms with Gasteiger partial charge in [-0.3, -0.25) is 4.79 Å². The number of likely N-dealkylation sites (tertiary alicyclic amines) is 1. The third-order valence-corrected chi connectivity index (χ3v) is 7.12. The number of ether oxygens (including phenoxy) is 1. The minimum Gasteiger partial charge on any atom is -0.497 e. The first-order valence-corrected chi connectivity index (χ1v) is 10.2. The summed E-state index contributed by atoms with van der Waals surface area (Å²) in [4.78, 5) is 14.4. The second kappa shape index (κ2) is 6.74. The summed E-state index contributed by atoms with van der Waals surface area (Å²) in [5, 5.41) is 0.519. The van der Waals surface area contributed by atoms with E-state index in [1.807, 2.05) is 41.1 Å². The van der Waals surface area contributed by atoms with Crippen molar-refractivity contribution in [2.24, 2.45) is 0 Å². The van der Waals surface area contributed by atoms with Crippen LogP contribution in [0.5, 0.6) is 5.75 Å². The number of benzene rings is 2. The Balaban J connectivity index is 1.41. The molecule has 1 saturated heterocycles. The van der Waals surface area contributed by atoms with E-state index in [4.69, 9.17) is 4.74 Å². The molecule has 2 heterocycles. The monoisotopic (exact) mass is 384 g/mol. The zero-order valence-electron chi connectivity index (χ0n) is 14.9. The number of nitrogens with zero attached hydrogens (tertiary/aromatic N) is 2. The fourth-order valence-electron chi connectivity index (χ4n) is 3.32. The Kier molecular flexibility index (Phi) is 4.39. The Hall–Kier alpha value is -2.80. The molecule has 7 heteroatoms. The van der Waals surface area contributed by atoms with Gasteiger partial charge in [-0.05, 0) is 41.8 Å². The molecular weight excluding hydrogens is 364 g/mol. The molecule has 27 heavy (non-hydrogen) atoms. The first-order valence-electron chi connectivity index (χ1n) is 8.68. The van der Waals surface area contributed by atoms with Crippen molar-refractivity contribution >= 4 is 26.6 Å². The number of rotatable bonds is 5. The van der Waals surface area contributed by atoms with E-state index in [1.165, 1.54) is 7.11 Å². The standard InChI is InChI=1S/C20H20N2O4S/c1-26-16-6-8-17(9-7-16)27(24,25)18-12-22(13-18)20(23)14-21-11-10-15-4-2-3-5-19(15)21/h2-11,18H,12-14H2,1H3. The maximum Gasteiger partial charge on any atom is 0.242 e. The molecule has 6 nitrogen and oxygen atoms in total. The summed E-state index contributed by atoms with van der Waals surface area (Å²) in [6, 6.07) is 16.2. The Labute approximate surface area is 157 Å². The largest absolute Gasteiger partial charge is 0.497 e. The van der Waals surface area contributed by atoms with Gasteiger partial charge in [0.15, 0.2) is 9.84 Å². The number of carbonyl (C=O) groups excluding carboxylic acids is 1. The van der Waals surface area contributed by atoms with Crippen LogP contribution in [0.1, 0.15) is 0 Å². The summed E-state index contributed by atoms with van der Waals surface area (Å²) in [5.74, 6) is 0.538. The van der Waals surface area contributed by atoms with Crippen LogP contribution < -0.4 is 4.74 Å². The van der Waals surface area contributed by atoms with Crippen molar-refractivity contribution in [3.05, 3.63) is 60.8 Å². The number of hydrogen-bond acceptors (Lipinski definition) is 4. The highest BCUT2D eigenvalue weighted by molar-refractivity contribution is 7.92. The average Bonchev–Trinajstić information content (AvgIpc) is 3.03. The van der Waals surface area contributed by atoms with Crippen LogP contribution in [0.2, 0.25) is 0 Å². The minimum absolute atomic E-state index is 0.0717. The summed E-state index contributed by atoms with van der Waals surface area (Å²) in [6.45, 7) is 0.668. The van der Waals surface area contributed by atoms with E-state index in [-0.39, 0.29) is 30.4 Å². The number of hydrogen-bond donors (Lipinski definition) is 0. The smallest absolute Gasteiger partial charge is 0.242 e. The fraction of sp³-hybridized carbons (Fsp3) is 0.250. The molecule has 2 aromatic carbocycles. The van der Waals surface area contributed by atoms with Gasteiger partial charge in [0.25, 0.3) is 0 Å². The van der Waals surface area contributed by atoms with Gasteiger partial charge in [0.1, 0.15) is 17.5 Å². The molecule has 0 saturated carbocycles. The van der Waals surface area contributed by atoms with Gasteiger partial charge in [-0.1, -0.05) is 18.2 Å². The Morgan fingerprint density at radius 2 is 1.78 bits per heavy atom. The third-order valence-electron chi connectivity index (χ3n) is 5.01. The quantitative estimate of drug-likeness (QED) is 0.677. The molecule has 0 aliphatic carbocycles. The molecule has 140 valence electrons. The summed E-state index contributed by atoms with van der Waals surface area (Å²) >= 11 is 0. The molecule has 1 amide bonds. The van der Waals surface area contributed by atoms with Gasteiger partial charge in [-0.25, -0.2) is 8.42 Å². The van der Waals surface area contributed by atoms with Crippen molar-refractivity contribution in [2.45, 2.75) is 16.7 Å². The normalized spacial score (nSPS) is 14.9. The van der Waals surface area contributed by atoms with Crippen molar-refractivity contribution < 1.29 is 17.9 Å². The molecule has 0 unspecified atom stereocenters. The van der Waals surface area contributed by atoms with Gasteiger partial charge in [0.2, 0.25) is 5.91 Å². The fourth-order valence-corrected chi connectivity index (χ4v) is 4.97. The third kappa shape index (κ3) is 3.19. The zero-order valence-corrected chi connectivity index (χ0v) is 15.7. The molecule has 0 atom stereocenters. The van der Waals surface area contributed by atoms with Crippen LogP contribution in [0.15, 0.2) is 65.7 Å². The number of aromatic nitrogens is 1. The SMILES string of the molecule is COc1ccc(S(=O)(=O)C2CN(C(=O)Cn3ccc4ccccc43)C2)cc1. The van der Waals surface area contributed by atoms with E-state index in [0.29, 0.717) is 5.75 Å². The predicted molar refractivity (Wildman–Crippen MR) is 102 cm³/mol. The lowest BCUT2D eigenvalue weighted by molar-refractivity contribution is -0.134. The highest BCUT2D eigenvalue weighted by atomic mass is 32.2. The molecule has 1 aromatic heterocycles. The molecule has 0 N–H and O–H groups in total. The predicted octanol–water partition coefficient (Wildman–Crippen LogP) is 2.33. The van der Waals surface area contributed by atoms with Crippen LogP contribution in [0, 0.1) is 0 Å². The maximum absolute atomic E-state index is 12.7. The van der Waals surface area contributed by atoms with Crippen molar-refractivity contribution in [1.82, 2.24) is 9.47 Å². The highest BCUT2D eigenvalue weighted by Gasteiger charge is 2.40. The van der Waals surface area contributed by atoms with Crippen LogP contribution in [0.3, 0.4) is 0 Å². The minimum atomic E-state index is -3.45. The van der Waals surface area contributed by atoms with E-state index >= 15 is 0 Å². The van der Waals surface area contributed by atoms with Crippen LogP contribution in [-0.4, -0.2) is 49.2 Å². The van der Waals surface area contributed by atoms with E-state index < -0.39 is 15.1 Å². The number of sulfone groups is 1. The van der Waals surface area contributed by atoms with Crippen LogP contribution >= 0.6 is 0 Å². The second-order valence-electron chi connectivity index (χ2n) is 6.64. The molecule has 3 aromatic rings. The summed E-state index contributed by atoms with van der Waals surface area (Å²) < 4.78 is 32.3. The van der Waals surface area contributed by atoms with E-state index in [0.717, 1.165) is 10.9 Å². The lowest BCUT2D eigenvalue weighted by Gasteiger charge is -2.38. The first kappa shape index (κ1) is 17.6. The van der Waals surface area contributed by atoms with Crippen molar-refractivity contribution in [2.75, 3.05) is 20.2 Å². The Morgan fingerprint density at radius 1 is 1.07 bits per heavy atom. The lowest BCUT2D eigenvalue weighted by atomic mass is 10.2. The van der Waals surface area contributed by atoms with Gasteiger partial charge in [-0.15, -0.1) is 0 Å². The second-order valence-corrected chi connectivity index (χ2v) is 8.87. The van der Waals surface area contributed by atoms with E-state index in [2.05, 4.69) is 0 Å². The van der Waals surface area contributed by atoms with Crippen LogP contribution in [0.25, 0.3) is 10.9 Å². The molecule has 1 aliphatic heterocycles. The molecular formula is C20H20N2O4S. The molecule has 1 aliphatic rings. The van der Waals surface area contributed by atoms with Crippen LogP contribution in [0.4, 0.5) is 0 Å². The Morgan fingerprint density at radius 3 is 2.48 bits per heavy atom. The lowest BCUT2D eigenvalue weighted by Crippen LogP contribution is -2.57. The summed E-state index contributed by atoms with van der Waals surface area (Å²) in [7, 11) is -1.91. The van der Waals surface area contributed by atoms with Gasteiger partial charge in [0.05, 0.1) is 12.0 Å². The number of methoxy groups -OCH3 is 1. The maximum atomic E-state index is 12.7. The van der Waals surface area contributed by atoms with Crippen LogP contribution in [-0.2, 0) is 21.2 Å². The van der Waals surface area contributed by atoms with Gasteiger partial charge in [-0.2, -0.15) is 0 Å². The number of carbonyl (C=O) groups is 1. The van der Waals surface area contributed by atoms with Gasteiger partial charge >= 0.3 is 0 Å². The summed E-state index contributed by atoms with van der Waals surface area (Å²) in [5.41, 5.74) is 0.994. The molecule has 1 fully saturated rings. The van der Waals surface area contributed by atoms with E-state index in [9.17, 15) is 13.2 Å². The molecule has 4 rings (SSSR count). The number of para-hydroxylation sites is 1. The number of fused-ring (bicyclic) bond motifs is 1.